The average molecular weight is 441 g/mol. The summed E-state index contributed by atoms with van der Waals surface area (Å²) in [6, 6.07) is 24.6. The van der Waals surface area contributed by atoms with Gasteiger partial charge in [-0.3, -0.25) is 9.69 Å². The van der Waals surface area contributed by atoms with Crippen LogP contribution in [0.4, 0.5) is 5.95 Å². The van der Waals surface area contributed by atoms with E-state index >= 15 is 0 Å². The van der Waals surface area contributed by atoms with Gasteiger partial charge in [0.25, 0.3) is 5.91 Å². The summed E-state index contributed by atoms with van der Waals surface area (Å²) in [5.74, 6) is 1.93. The number of ether oxygens (including phenoxy) is 2. The predicted octanol–water partition coefficient (Wildman–Crippen LogP) is 4.68. The molecule has 33 heavy (non-hydrogen) atoms. The van der Waals surface area contributed by atoms with E-state index < -0.39 is 0 Å². The van der Waals surface area contributed by atoms with Gasteiger partial charge in [0, 0.05) is 11.1 Å². The number of fused-ring (bicyclic) bond motifs is 1. The predicted molar refractivity (Wildman–Crippen MR) is 125 cm³/mol. The van der Waals surface area contributed by atoms with Crippen molar-refractivity contribution in [3.63, 3.8) is 0 Å². The molecule has 0 spiro atoms. The van der Waals surface area contributed by atoms with Crippen LogP contribution in [0.1, 0.15) is 40.0 Å². The van der Waals surface area contributed by atoms with Crippen molar-refractivity contribution in [2.24, 2.45) is 0 Å². The minimum Gasteiger partial charge on any atom is -0.497 e. The Balaban J connectivity index is 1.66. The number of carbonyl (C=O) groups excluding carboxylic acids is 1. The van der Waals surface area contributed by atoms with Crippen LogP contribution >= 0.6 is 0 Å². The lowest BCUT2D eigenvalue weighted by Gasteiger charge is -2.39. The number of hydrogen-bond donors (Lipinski definition) is 0. The van der Waals surface area contributed by atoms with Crippen molar-refractivity contribution in [2.45, 2.75) is 18.5 Å². The van der Waals surface area contributed by atoms with Gasteiger partial charge in [-0.1, -0.05) is 48.5 Å². The summed E-state index contributed by atoms with van der Waals surface area (Å²) in [5, 5.41) is 4.51. The van der Waals surface area contributed by atoms with Crippen LogP contribution in [0.25, 0.3) is 0 Å². The maximum Gasteiger partial charge on any atom is 0.261 e. The number of rotatable bonds is 5. The molecular weight excluding hydrogens is 416 g/mol. The lowest BCUT2D eigenvalue weighted by molar-refractivity contribution is 0.0963. The molecule has 0 radical (unpaired) electrons. The highest BCUT2D eigenvalue weighted by Gasteiger charge is 2.40. The number of anilines is 1. The molecule has 1 aliphatic heterocycles. The van der Waals surface area contributed by atoms with E-state index in [-0.39, 0.29) is 18.0 Å². The quantitative estimate of drug-likeness (QED) is 0.451. The van der Waals surface area contributed by atoms with Crippen molar-refractivity contribution in [3.05, 3.63) is 102 Å². The highest BCUT2D eigenvalue weighted by Crippen LogP contribution is 2.44. The van der Waals surface area contributed by atoms with Crippen molar-refractivity contribution in [1.29, 1.82) is 0 Å². The maximum atomic E-state index is 13.7. The van der Waals surface area contributed by atoms with Gasteiger partial charge in [0.2, 0.25) is 5.95 Å². The molecular formula is C26H24N4O3. The van der Waals surface area contributed by atoms with Gasteiger partial charge < -0.3 is 9.47 Å². The molecule has 166 valence electrons. The molecule has 0 N–H and O–H groups in total. The van der Waals surface area contributed by atoms with Crippen molar-refractivity contribution >= 4 is 11.9 Å². The third kappa shape index (κ3) is 3.71. The van der Waals surface area contributed by atoms with E-state index in [0.717, 1.165) is 22.6 Å². The molecule has 0 saturated carbocycles. The maximum absolute atomic E-state index is 13.7. The van der Waals surface area contributed by atoms with Gasteiger partial charge in [-0.25, -0.2) is 4.68 Å². The molecule has 0 bridgehead atoms. The summed E-state index contributed by atoms with van der Waals surface area (Å²) >= 11 is 0. The number of hydrogen-bond acceptors (Lipinski definition) is 5. The van der Waals surface area contributed by atoms with Crippen LogP contribution in [0.5, 0.6) is 11.5 Å². The second kappa shape index (κ2) is 8.78. The fourth-order valence-corrected chi connectivity index (χ4v) is 4.46. The van der Waals surface area contributed by atoms with E-state index in [1.165, 1.54) is 6.33 Å². The summed E-state index contributed by atoms with van der Waals surface area (Å²) in [7, 11) is 3.30. The number of methoxy groups -OCH3 is 2. The lowest BCUT2D eigenvalue weighted by atomic mass is 9.91. The first kappa shape index (κ1) is 20.8. The third-order valence-electron chi connectivity index (χ3n) is 6.06. The Labute approximate surface area is 192 Å². The van der Waals surface area contributed by atoms with E-state index in [4.69, 9.17) is 9.47 Å². The molecule has 7 heteroatoms. The second-order valence-corrected chi connectivity index (χ2v) is 7.83. The van der Waals surface area contributed by atoms with Crippen LogP contribution in [0.3, 0.4) is 0 Å². The van der Waals surface area contributed by atoms with Gasteiger partial charge in [0.1, 0.15) is 17.8 Å². The minimum atomic E-state index is -0.254. The molecule has 0 aliphatic carbocycles. The normalized spacial score (nSPS) is 17.3. The van der Waals surface area contributed by atoms with E-state index in [2.05, 4.69) is 10.1 Å². The van der Waals surface area contributed by atoms with Crippen LogP contribution in [-0.4, -0.2) is 34.9 Å². The number of para-hydroxylation sites is 1. The number of benzene rings is 3. The Morgan fingerprint density at radius 1 is 0.879 bits per heavy atom. The van der Waals surface area contributed by atoms with E-state index in [0.29, 0.717) is 17.9 Å². The zero-order valence-electron chi connectivity index (χ0n) is 18.5. The van der Waals surface area contributed by atoms with E-state index in [1.54, 1.807) is 19.1 Å². The Bertz CT molecular complexity index is 1250. The highest BCUT2D eigenvalue weighted by molar-refractivity contribution is 6.05. The van der Waals surface area contributed by atoms with Gasteiger partial charge in [-0.15, -0.1) is 0 Å². The Hall–Kier alpha value is -4.13. The Kier molecular flexibility index (Phi) is 5.52. The Morgan fingerprint density at radius 2 is 1.61 bits per heavy atom. The molecule has 1 amide bonds. The smallest absolute Gasteiger partial charge is 0.261 e. The lowest BCUT2D eigenvalue weighted by Crippen LogP contribution is -2.42. The monoisotopic (exact) mass is 440 g/mol. The number of aromatic nitrogens is 3. The molecule has 0 saturated heterocycles. The van der Waals surface area contributed by atoms with Crippen molar-refractivity contribution in [3.8, 4) is 11.5 Å². The molecule has 3 aromatic carbocycles. The first-order valence-corrected chi connectivity index (χ1v) is 10.8. The van der Waals surface area contributed by atoms with E-state index in [1.807, 2.05) is 83.5 Å². The van der Waals surface area contributed by atoms with Crippen LogP contribution in [0, 0.1) is 0 Å². The van der Waals surface area contributed by atoms with Crippen molar-refractivity contribution in [2.75, 3.05) is 19.1 Å². The van der Waals surface area contributed by atoms with Crippen LogP contribution < -0.4 is 14.4 Å². The van der Waals surface area contributed by atoms with E-state index in [9.17, 15) is 4.79 Å². The number of amides is 1. The molecule has 0 fully saturated rings. The molecule has 2 heterocycles. The molecule has 7 nitrogen and oxygen atoms in total. The molecule has 1 aliphatic rings. The average Bonchev–Trinajstić information content (AvgIpc) is 3.38. The van der Waals surface area contributed by atoms with Crippen LogP contribution in [0.15, 0.2) is 85.2 Å². The third-order valence-corrected chi connectivity index (χ3v) is 6.06. The van der Waals surface area contributed by atoms with Crippen LogP contribution in [-0.2, 0) is 0 Å². The molecule has 1 aromatic heterocycles. The van der Waals surface area contributed by atoms with Gasteiger partial charge >= 0.3 is 0 Å². The minimum absolute atomic E-state index is 0.121. The van der Waals surface area contributed by atoms with Gasteiger partial charge in [0.05, 0.1) is 26.3 Å². The van der Waals surface area contributed by atoms with Gasteiger partial charge in [-0.05, 0) is 42.3 Å². The first-order chi connectivity index (χ1) is 16.2. The standard InChI is InChI=1S/C26H24N4O3/c1-32-20-14-12-18(13-15-20)22-16-23(21-10-6-7-11-24(21)33-2)30-26(27-17-28-30)29(22)25(31)19-8-4-3-5-9-19/h3-15,17,22-23H,16H2,1-2H3. The summed E-state index contributed by atoms with van der Waals surface area (Å²) in [6.45, 7) is 0. The summed E-state index contributed by atoms with van der Waals surface area (Å²) in [6.07, 6.45) is 2.11. The number of nitrogens with zero attached hydrogens (tertiary/aromatic N) is 4. The van der Waals surface area contributed by atoms with Crippen molar-refractivity contribution in [1.82, 2.24) is 14.8 Å². The molecule has 5 rings (SSSR count). The summed E-state index contributed by atoms with van der Waals surface area (Å²) in [5.41, 5.74) is 2.59. The van der Waals surface area contributed by atoms with Gasteiger partial charge in [-0.2, -0.15) is 10.1 Å². The summed E-state index contributed by atoms with van der Waals surface area (Å²) in [4.78, 5) is 20.0. The largest absolute Gasteiger partial charge is 0.497 e. The van der Waals surface area contributed by atoms with Crippen molar-refractivity contribution < 1.29 is 14.3 Å². The zero-order valence-corrected chi connectivity index (χ0v) is 18.5. The molecule has 2 unspecified atom stereocenters. The SMILES string of the molecule is COc1ccc(C2CC(c3ccccc3OC)n3ncnc3N2C(=O)c2ccccc2)cc1. The molecule has 2 atom stereocenters. The molecule has 4 aromatic rings. The summed E-state index contributed by atoms with van der Waals surface area (Å²) < 4.78 is 12.8. The highest BCUT2D eigenvalue weighted by atomic mass is 16.5. The first-order valence-electron chi connectivity index (χ1n) is 10.8. The fraction of sp³-hybridized carbons (Fsp3) is 0.192. The van der Waals surface area contributed by atoms with Gasteiger partial charge in [0.15, 0.2) is 0 Å². The topological polar surface area (TPSA) is 69.5 Å². The van der Waals surface area contributed by atoms with Crippen LogP contribution in [0.2, 0.25) is 0 Å². The Morgan fingerprint density at radius 3 is 2.33 bits per heavy atom. The second-order valence-electron chi connectivity index (χ2n) is 7.83. The zero-order chi connectivity index (χ0) is 22.8. The number of carbonyl (C=O) groups is 1. The fourth-order valence-electron chi connectivity index (χ4n) is 4.46.